The van der Waals surface area contributed by atoms with Crippen LogP contribution in [0.2, 0.25) is 0 Å². The third-order valence-electron chi connectivity index (χ3n) is 4.40. The van der Waals surface area contributed by atoms with Crippen LogP contribution in [0.25, 0.3) is 17.1 Å². The Kier molecular flexibility index (Phi) is 4.82. The van der Waals surface area contributed by atoms with E-state index in [1.165, 1.54) is 4.88 Å². The predicted molar refractivity (Wildman–Crippen MR) is 115 cm³/mol. The van der Waals surface area contributed by atoms with Crippen molar-refractivity contribution in [1.82, 2.24) is 34.3 Å². The molecule has 0 saturated carbocycles. The minimum absolute atomic E-state index is 0.526. The predicted octanol–water partition coefficient (Wildman–Crippen LogP) is 4.25. The second-order valence-corrected chi connectivity index (χ2v) is 8.39. The Labute approximate surface area is 179 Å². The van der Waals surface area contributed by atoms with Crippen LogP contribution in [0.3, 0.4) is 0 Å². The molecule has 1 aromatic carbocycles. The van der Waals surface area contributed by atoms with Gasteiger partial charge in [0.05, 0.1) is 24.0 Å². The van der Waals surface area contributed by atoms with E-state index in [0.717, 1.165) is 27.4 Å². The van der Waals surface area contributed by atoms with Gasteiger partial charge in [-0.15, -0.1) is 11.3 Å². The lowest BCUT2D eigenvalue weighted by Crippen LogP contribution is -2.05. The highest BCUT2D eigenvalue weighted by Crippen LogP contribution is 2.22. The number of hydrogen-bond donors (Lipinski definition) is 0. The molecule has 144 valence electrons. The van der Waals surface area contributed by atoms with E-state index in [-0.39, 0.29) is 0 Å². The van der Waals surface area contributed by atoms with Gasteiger partial charge in [-0.3, -0.25) is 4.68 Å². The zero-order valence-corrected chi connectivity index (χ0v) is 17.7. The number of benzene rings is 1. The molecule has 5 aromatic rings. The molecular weight excluding hydrogens is 450 g/mol. The average molecular weight is 466 g/mol. The van der Waals surface area contributed by atoms with Gasteiger partial charge in [0.25, 0.3) is 0 Å². The third kappa shape index (κ3) is 3.92. The van der Waals surface area contributed by atoms with Gasteiger partial charge >= 0.3 is 0 Å². The van der Waals surface area contributed by atoms with Gasteiger partial charge in [-0.25, -0.2) is 14.3 Å². The highest BCUT2D eigenvalue weighted by atomic mass is 79.9. The third-order valence-corrected chi connectivity index (χ3v) is 5.79. The van der Waals surface area contributed by atoms with Crippen molar-refractivity contribution in [3.05, 3.63) is 87.8 Å². The average Bonchev–Trinajstić information content (AvgIpc) is 3.51. The molecule has 0 N–H and O–H groups in total. The van der Waals surface area contributed by atoms with Crippen LogP contribution < -0.4 is 0 Å². The topological polar surface area (TPSA) is 66.3 Å². The molecule has 0 fully saturated rings. The quantitative estimate of drug-likeness (QED) is 0.375. The number of nitrogens with zero attached hydrogens (tertiary/aromatic N) is 7. The number of thiophene rings is 1. The van der Waals surface area contributed by atoms with E-state index in [9.17, 15) is 0 Å². The Morgan fingerprint density at radius 1 is 1.00 bits per heavy atom. The first kappa shape index (κ1) is 18.0. The molecule has 7 nitrogen and oxygen atoms in total. The Morgan fingerprint density at radius 2 is 1.90 bits per heavy atom. The molecule has 9 heteroatoms. The number of halogens is 1. The second-order valence-electron chi connectivity index (χ2n) is 6.44. The molecule has 0 unspecified atom stereocenters. The van der Waals surface area contributed by atoms with E-state index in [0.29, 0.717) is 13.1 Å². The van der Waals surface area contributed by atoms with Crippen molar-refractivity contribution in [2.24, 2.45) is 0 Å². The number of aromatic nitrogens is 7. The largest absolute Gasteiger partial charge is 0.265 e. The van der Waals surface area contributed by atoms with Crippen molar-refractivity contribution in [3.63, 3.8) is 0 Å². The Hall–Kier alpha value is -3.04. The molecule has 0 bridgehead atoms. The standard InChI is InChI=1S/C20H16BrN7S/c21-16-4-6-17(7-5-16)27-12-15(11-23-27)20-24-19(14-26-9-2-8-22-26)25-28(20)13-18-3-1-10-29-18/h1-12H,13-14H2. The summed E-state index contributed by atoms with van der Waals surface area (Å²) in [6.45, 7) is 1.20. The minimum Gasteiger partial charge on any atom is -0.265 e. The molecule has 4 heterocycles. The van der Waals surface area contributed by atoms with Gasteiger partial charge in [0.15, 0.2) is 11.6 Å². The van der Waals surface area contributed by atoms with Gasteiger partial charge in [0.1, 0.15) is 6.54 Å². The Bertz CT molecular complexity index is 1200. The molecule has 0 radical (unpaired) electrons. The normalized spacial score (nSPS) is 11.2. The zero-order chi connectivity index (χ0) is 19.6. The first-order chi connectivity index (χ1) is 14.2. The Morgan fingerprint density at radius 3 is 2.66 bits per heavy atom. The van der Waals surface area contributed by atoms with Crippen molar-refractivity contribution in [2.45, 2.75) is 13.1 Å². The SMILES string of the molecule is Brc1ccc(-n2cc(-c3nc(Cn4cccn4)nn3Cc3cccs3)cn2)cc1. The van der Waals surface area contributed by atoms with Crippen molar-refractivity contribution in [1.29, 1.82) is 0 Å². The first-order valence-corrected chi connectivity index (χ1v) is 10.7. The first-order valence-electron chi connectivity index (χ1n) is 8.99. The summed E-state index contributed by atoms with van der Waals surface area (Å²) in [5.41, 5.74) is 1.91. The molecule has 29 heavy (non-hydrogen) atoms. The maximum absolute atomic E-state index is 4.79. The summed E-state index contributed by atoms with van der Waals surface area (Å²) in [6.07, 6.45) is 7.47. The maximum Gasteiger partial charge on any atom is 0.172 e. The van der Waals surface area contributed by atoms with Crippen LogP contribution in [0.15, 0.2) is 77.1 Å². The monoisotopic (exact) mass is 465 g/mol. The van der Waals surface area contributed by atoms with Gasteiger partial charge in [-0.05, 0) is 41.8 Å². The van der Waals surface area contributed by atoms with Gasteiger partial charge in [0, 0.05) is 27.9 Å². The lowest BCUT2D eigenvalue weighted by atomic mass is 10.3. The van der Waals surface area contributed by atoms with Crippen molar-refractivity contribution in [2.75, 3.05) is 0 Å². The summed E-state index contributed by atoms with van der Waals surface area (Å²) in [5.74, 6) is 1.51. The van der Waals surface area contributed by atoms with E-state index in [1.807, 2.05) is 69.0 Å². The molecule has 0 aliphatic carbocycles. The summed E-state index contributed by atoms with van der Waals surface area (Å²) in [6, 6.07) is 14.1. The van der Waals surface area contributed by atoms with E-state index >= 15 is 0 Å². The molecular formula is C20H16BrN7S. The fraction of sp³-hybridized carbons (Fsp3) is 0.100. The zero-order valence-electron chi connectivity index (χ0n) is 15.3. The van der Waals surface area contributed by atoms with Gasteiger partial charge in [-0.1, -0.05) is 22.0 Å². The van der Waals surface area contributed by atoms with Crippen molar-refractivity contribution < 1.29 is 0 Å². The van der Waals surface area contributed by atoms with Crippen molar-refractivity contribution in [3.8, 4) is 17.1 Å². The fourth-order valence-corrected chi connectivity index (χ4v) is 3.99. The van der Waals surface area contributed by atoms with Crippen LogP contribution in [0.4, 0.5) is 0 Å². The minimum atomic E-state index is 0.526. The van der Waals surface area contributed by atoms with E-state index < -0.39 is 0 Å². The van der Waals surface area contributed by atoms with Gasteiger partial charge in [-0.2, -0.15) is 15.3 Å². The molecule has 4 aromatic heterocycles. The van der Waals surface area contributed by atoms with Crippen LogP contribution in [0.1, 0.15) is 10.7 Å². The summed E-state index contributed by atoms with van der Waals surface area (Å²) >= 11 is 5.18. The molecule has 0 amide bonds. The lowest BCUT2D eigenvalue weighted by Gasteiger charge is -2.03. The summed E-state index contributed by atoms with van der Waals surface area (Å²) in [4.78, 5) is 6.02. The maximum atomic E-state index is 4.79. The lowest BCUT2D eigenvalue weighted by molar-refractivity contribution is 0.629. The molecule has 0 aliphatic rings. The molecule has 5 rings (SSSR count). The van der Waals surface area contributed by atoms with Gasteiger partial charge in [0.2, 0.25) is 0 Å². The summed E-state index contributed by atoms with van der Waals surface area (Å²) < 4.78 is 6.64. The van der Waals surface area contributed by atoms with Crippen molar-refractivity contribution >= 4 is 27.3 Å². The molecule has 0 saturated heterocycles. The summed E-state index contributed by atoms with van der Waals surface area (Å²) in [7, 11) is 0. The highest BCUT2D eigenvalue weighted by molar-refractivity contribution is 9.10. The second kappa shape index (κ2) is 7.76. The summed E-state index contributed by atoms with van der Waals surface area (Å²) in [5, 5.41) is 15.6. The fourth-order valence-electron chi connectivity index (χ4n) is 3.04. The van der Waals surface area contributed by atoms with Crippen LogP contribution in [0.5, 0.6) is 0 Å². The smallest absolute Gasteiger partial charge is 0.172 e. The van der Waals surface area contributed by atoms with E-state index in [1.54, 1.807) is 17.5 Å². The molecule has 0 aliphatic heterocycles. The van der Waals surface area contributed by atoms with E-state index in [4.69, 9.17) is 10.1 Å². The number of hydrogen-bond acceptors (Lipinski definition) is 5. The van der Waals surface area contributed by atoms with Crippen LogP contribution in [0, 0.1) is 0 Å². The highest BCUT2D eigenvalue weighted by Gasteiger charge is 2.15. The van der Waals surface area contributed by atoms with Gasteiger partial charge < -0.3 is 0 Å². The number of rotatable bonds is 6. The van der Waals surface area contributed by atoms with E-state index in [2.05, 4.69) is 37.6 Å². The van der Waals surface area contributed by atoms with Crippen LogP contribution in [-0.4, -0.2) is 34.3 Å². The molecule has 0 atom stereocenters. The van der Waals surface area contributed by atoms with Crippen LogP contribution in [-0.2, 0) is 13.1 Å². The Balaban J connectivity index is 1.50. The van der Waals surface area contributed by atoms with Crippen LogP contribution >= 0.6 is 27.3 Å². The molecule has 0 spiro atoms.